The summed E-state index contributed by atoms with van der Waals surface area (Å²) in [5.74, 6) is -6.04. The molecule has 0 bridgehead atoms. The van der Waals surface area contributed by atoms with Crippen molar-refractivity contribution in [2.24, 2.45) is 0 Å². The molecule has 0 aliphatic heterocycles. The van der Waals surface area contributed by atoms with Crippen LogP contribution in [0.3, 0.4) is 0 Å². The Morgan fingerprint density at radius 1 is 0.214 bits per heavy atom. The summed E-state index contributed by atoms with van der Waals surface area (Å²) in [7, 11) is 0. The second-order valence-electron chi connectivity index (χ2n) is 17.0. The fourth-order valence-electron chi connectivity index (χ4n) is 9.26. The van der Waals surface area contributed by atoms with Crippen LogP contribution in [0.15, 0.2) is 206 Å². The van der Waals surface area contributed by atoms with Gasteiger partial charge in [0.25, 0.3) is 0 Å². The molecule has 346 valence electrons. The van der Waals surface area contributed by atoms with Gasteiger partial charge in [0.2, 0.25) is 0 Å². The normalized spacial score (nSPS) is 11.7. The molecule has 0 N–H and O–H groups in total. The van der Waals surface area contributed by atoms with E-state index in [1.54, 1.807) is 97.1 Å². The van der Waals surface area contributed by atoms with Gasteiger partial charge in [-0.2, -0.15) is 0 Å². The number of hydrogen-bond acceptors (Lipinski definition) is 2. The summed E-state index contributed by atoms with van der Waals surface area (Å²) in [6.45, 7) is 0. The van der Waals surface area contributed by atoms with E-state index in [-0.39, 0.29) is 0 Å². The van der Waals surface area contributed by atoms with E-state index in [4.69, 9.17) is 0 Å². The van der Waals surface area contributed by atoms with Crippen molar-refractivity contribution in [1.82, 2.24) is 0 Å². The molecule has 0 atom stereocenters. The van der Waals surface area contributed by atoms with Crippen LogP contribution in [0.5, 0.6) is 0 Å². The molecule has 2 heterocycles. The van der Waals surface area contributed by atoms with Crippen LogP contribution in [0, 0.1) is 46.5 Å². The average Bonchev–Trinajstić information content (AvgIpc) is 3.99. The Kier molecular flexibility index (Phi) is 13.2. The second kappa shape index (κ2) is 19.9. The van der Waals surface area contributed by atoms with E-state index in [0.29, 0.717) is 55.6 Å². The zero-order valence-electron chi connectivity index (χ0n) is 36.8. The number of rotatable bonds is 13. The minimum Gasteiger partial charge on any atom is -0.207 e. The van der Waals surface area contributed by atoms with E-state index in [0.717, 1.165) is 19.5 Å². The molecule has 0 aliphatic rings. The summed E-state index contributed by atoms with van der Waals surface area (Å²) >= 11 is 2.89. The van der Waals surface area contributed by atoms with Crippen LogP contribution in [0.1, 0.15) is 87.7 Å². The van der Waals surface area contributed by atoms with Gasteiger partial charge in [-0.05, 0) is 165 Å². The van der Waals surface area contributed by atoms with Crippen molar-refractivity contribution in [2.75, 3.05) is 0 Å². The van der Waals surface area contributed by atoms with E-state index in [1.807, 2.05) is 12.1 Å². The van der Waals surface area contributed by atoms with Crippen LogP contribution in [-0.4, -0.2) is 0 Å². The van der Waals surface area contributed by atoms with Gasteiger partial charge in [0.1, 0.15) is 46.5 Å². The zero-order chi connectivity index (χ0) is 48.5. The fourth-order valence-corrected chi connectivity index (χ4v) is 12.2. The number of halogens is 8. The molecule has 70 heavy (non-hydrogen) atoms. The van der Waals surface area contributed by atoms with Crippen molar-refractivity contribution < 1.29 is 35.1 Å². The first-order valence-corrected chi connectivity index (χ1v) is 23.9. The highest BCUT2D eigenvalue weighted by atomic mass is 32.1. The molecule has 0 radical (unpaired) electrons. The first kappa shape index (κ1) is 46.3. The summed E-state index contributed by atoms with van der Waals surface area (Å²) in [6.07, 6.45) is 0. The summed E-state index contributed by atoms with van der Waals surface area (Å²) < 4.78 is 118. The molecule has 8 aromatic carbocycles. The van der Waals surface area contributed by atoms with Crippen molar-refractivity contribution in [2.45, 2.75) is 23.7 Å². The van der Waals surface area contributed by atoms with Crippen LogP contribution >= 0.6 is 22.7 Å². The summed E-state index contributed by atoms with van der Waals surface area (Å²) in [4.78, 5) is 3.05. The Labute approximate surface area is 407 Å². The maximum atomic E-state index is 14.8. The predicted molar refractivity (Wildman–Crippen MR) is 263 cm³/mol. The number of thiophene rings is 2. The summed E-state index contributed by atoms with van der Waals surface area (Å²) in [6, 6.07) is 52.9. The van der Waals surface area contributed by atoms with E-state index < -0.39 is 70.2 Å². The van der Waals surface area contributed by atoms with E-state index in [2.05, 4.69) is 0 Å². The zero-order valence-corrected chi connectivity index (χ0v) is 38.4. The largest absolute Gasteiger partial charge is 0.207 e. The molecular weight excluding hydrogens is 937 g/mol. The summed E-state index contributed by atoms with van der Waals surface area (Å²) in [5, 5.41) is 0. The van der Waals surface area contributed by atoms with Crippen molar-refractivity contribution in [3.8, 4) is 11.1 Å². The van der Waals surface area contributed by atoms with Gasteiger partial charge in [-0.1, -0.05) is 97.1 Å². The maximum Gasteiger partial charge on any atom is 0.123 e. The molecule has 0 saturated carbocycles. The SMILES string of the molecule is Fc1ccc(C(c2ccc(F)cc2)c2cc(-c3cc(C(c4ccc(F)cc4)c4ccc(F)cc4)sc3C(c3ccc(F)cc3)c3ccc(F)cc3)c(C(c3ccc(F)cc3)c3ccc(F)cc3)s2)cc1. The molecule has 10 aromatic rings. The first-order chi connectivity index (χ1) is 33.9. The Bertz CT molecular complexity index is 2950. The fraction of sp³-hybridized carbons (Fsp3) is 0.0667. The third-order valence-electron chi connectivity index (χ3n) is 12.6. The highest BCUT2D eigenvalue weighted by molar-refractivity contribution is 7.14. The standard InChI is InChI=1S/C60H38F8S2/c61-43-17-1-35(2-18-43)55(36-3-19-44(62)20-4-36)53-33-51(59(69-53)57(39-9-25-47(65)26-10-39)40-11-27-48(66)28-12-40)52-34-54(56(37-5-21-45(63)22-6-37)38-7-23-46(64)24-8-38)70-60(52)58(41-13-29-49(67)30-14-41)42-15-31-50(68)32-16-42/h1-34,55-58H. The van der Waals surface area contributed by atoms with Gasteiger partial charge in [0.15, 0.2) is 0 Å². The van der Waals surface area contributed by atoms with E-state index >= 15 is 0 Å². The molecule has 10 rings (SSSR count). The van der Waals surface area contributed by atoms with Gasteiger partial charge in [-0.25, -0.2) is 35.1 Å². The Hall–Kier alpha value is -7.40. The van der Waals surface area contributed by atoms with Crippen LogP contribution < -0.4 is 0 Å². The molecule has 2 aromatic heterocycles. The van der Waals surface area contributed by atoms with Crippen LogP contribution in [0.25, 0.3) is 11.1 Å². The highest BCUT2D eigenvalue weighted by Gasteiger charge is 2.33. The van der Waals surface area contributed by atoms with E-state index in [9.17, 15) is 35.1 Å². The molecule has 0 unspecified atom stereocenters. The Balaban J connectivity index is 1.32. The molecule has 0 nitrogen and oxygen atoms in total. The molecule has 10 heteroatoms. The van der Waals surface area contributed by atoms with Gasteiger partial charge < -0.3 is 0 Å². The lowest BCUT2D eigenvalue weighted by Crippen LogP contribution is -2.05. The summed E-state index contributed by atoms with van der Waals surface area (Å²) in [5.41, 5.74) is 6.99. The van der Waals surface area contributed by atoms with Crippen molar-refractivity contribution in [3.63, 3.8) is 0 Å². The molecule has 0 aliphatic carbocycles. The Morgan fingerprint density at radius 2 is 0.371 bits per heavy atom. The van der Waals surface area contributed by atoms with Crippen LogP contribution in [0.4, 0.5) is 35.1 Å². The molecule has 0 saturated heterocycles. The second-order valence-corrected chi connectivity index (χ2v) is 19.2. The lowest BCUT2D eigenvalue weighted by atomic mass is 9.82. The van der Waals surface area contributed by atoms with Crippen molar-refractivity contribution >= 4 is 22.7 Å². The molecular formula is C60H38F8S2. The van der Waals surface area contributed by atoms with Crippen molar-refractivity contribution in [3.05, 3.63) is 317 Å². The number of benzene rings is 8. The smallest absolute Gasteiger partial charge is 0.123 e. The number of hydrogen-bond donors (Lipinski definition) is 0. The monoisotopic (exact) mass is 974 g/mol. The lowest BCUT2D eigenvalue weighted by Gasteiger charge is -2.22. The third-order valence-corrected chi connectivity index (χ3v) is 15.1. The van der Waals surface area contributed by atoms with Crippen LogP contribution in [-0.2, 0) is 0 Å². The van der Waals surface area contributed by atoms with Gasteiger partial charge in [-0.3, -0.25) is 0 Å². The minimum atomic E-state index is -0.645. The third kappa shape index (κ3) is 9.75. The minimum absolute atomic E-state index is 0.443. The van der Waals surface area contributed by atoms with Gasteiger partial charge >= 0.3 is 0 Å². The Morgan fingerprint density at radius 3 is 0.543 bits per heavy atom. The maximum absolute atomic E-state index is 14.8. The van der Waals surface area contributed by atoms with E-state index in [1.165, 1.54) is 120 Å². The van der Waals surface area contributed by atoms with Crippen molar-refractivity contribution in [1.29, 1.82) is 0 Å². The first-order valence-electron chi connectivity index (χ1n) is 22.3. The van der Waals surface area contributed by atoms with Gasteiger partial charge in [-0.15, -0.1) is 22.7 Å². The topological polar surface area (TPSA) is 0 Å². The van der Waals surface area contributed by atoms with Crippen LogP contribution in [0.2, 0.25) is 0 Å². The highest BCUT2D eigenvalue weighted by Crippen LogP contribution is 2.53. The molecule has 0 spiro atoms. The molecule has 0 fully saturated rings. The lowest BCUT2D eigenvalue weighted by molar-refractivity contribution is 0.625. The van der Waals surface area contributed by atoms with Gasteiger partial charge in [0, 0.05) is 43.2 Å². The quantitative estimate of drug-likeness (QED) is 0.101. The predicted octanol–water partition coefficient (Wildman–Crippen LogP) is 17.3. The molecule has 0 amide bonds. The van der Waals surface area contributed by atoms with Gasteiger partial charge in [0.05, 0.1) is 0 Å². The average molecular weight is 975 g/mol.